The van der Waals surface area contributed by atoms with Crippen LogP contribution in [-0.4, -0.2) is 42.9 Å². The molecule has 0 spiro atoms. The van der Waals surface area contributed by atoms with Gasteiger partial charge in [-0.3, -0.25) is 4.79 Å². The maximum atomic E-state index is 11.8. The van der Waals surface area contributed by atoms with Crippen LogP contribution in [0.2, 0.25) is 0 Å². The van der Waals surface area contributed by atoms with Gasteiger partial charge in [0.1, 0.15) is 0 Å². The first-order chi connectivity index (χ1) is 9.86. The Morgan fingerprint density at radius 1 is 1.43 bits per heavy atom. The summed E-state index contributed by atoms with van der Waals surface area (Å²) in [6.45, 7) is 7.76. The van der Waals surface area contributed by atoms with E-state index >= 15 is 0 Å². The van der Waals surface area contributed by atoms with E-state index in [9.17, 15) is 14.7 Å². The number of carbonyl (C=O) groups excluding carboxylic acids is 1. The Bertz CT molecular complexity index is 360. The number of urea groups is 1. The highest BCUT2D eigenvalue weighted by Crippen LogP contribution is 2.38. The smallest absolute Gasteiger partial charge is 0.315 e. The van der Waals surface area contributed by atoms with Crippen LogP contribution in [-0.2, 0) is 9.53 Å². The van der Waals surface area contributed by atoms with Crippen molar-refractivity contribution in [3.8, 4) is 0 Å². The molecule has 1 rings (SSSR count). The van der Waals surface area contributed by atoms with Crippen LogP contribution < -0.4 is 10.6 Å². The molecule has 0 aliphatic heterocycles. The number of carboxylic acid groups (broad SMARTS) is 1. The molecule has 0 aromatic heterocycles. The highest BCUT2D eigenvalue weighted by Gasteiger charge is 2.45. The molecule has 2 amide bonds. The molecule has 1 fully saturated rings. The van der Waals surface area contributed by atoms with Gasteiger partial charge in [-0.1, -0.05) is 20.3 Å². The highest BCUT2D eigenvalue weighted by atomic mass is 16.5. The molecule has 122 valence electrons. The van der Waals surface area contributed by atoms with Gasteiger partial charge in [0, 0.05) is 25.8 Å². The molecule has 0 bridgehead atoms. The van der Waals surface area contributed by atoms with Crippen LogP contribution in [0.1, 0.15) is 46.5 Å². The molecule has 3 N–H and O–H groups in total. The number of rotatable bonds is 8. The standard InChI is InChI=1S/C15H28N2O4/c1-11(2)10-21-9-5-8-16-14(20)17-12-6-4-7-15(12,3)13(18)19/h11-12H,4-10H2,1-3H3,(H,18,19)(H2,16,17,20). The molecule has 1 saturated carbocycles. The second kappa shape index (κ2) is 8.22. The molecule has 0 aromatic carbocycles. The Hall–Kier alpha value is -1.30. The summed E-state index contributed by atoms with van der Waals surface area (Å²) in [5.74, 6) is -0.329. The monoisotopic (exact) mass is 300 g/mol. The summed E-state index contributed by atoms with van der Waals surface area (Å²) in [6, 6.07) is -0.592. The molecule has 21 heavy (non-hydrogen) atoms. The van der Waals surface area contributed by atoms with Crippen molar-refractivity contribution in [3.05, 3.63) is 0 Å². The number of aliphatic carboxylic acids is 1. The van der Waals surface area contributed by atoms with Crippen molar-refractivity contribution in [2.45, 2.75) is 52.5 Å². The van der Waals surface area contributed by atoms with E-state index < -0.39 is 11.4 Å². The average Bonchev–Trinajstić information content (AvgIpc) is 2.76. The van der Waals surface area contributed by atoms with Gasteiger partial charge in [0.25, 0.3) is 0 Å². The van der Waals surface area contributed by atoms with E-state index in [1.807, 2.05) is 0 Å². The maximum Gasteiger partial charge on any atom is 0.315 e. The van der Waals surface area contributed by atoms with Crippen molar-refractivity contribution in [2.75, 3.05) is 19.8 Å². The molecule has 1 aliphatic rings. The lowest BCUT2D eigenvalue weighted by Crippen LogP contribution is -2.50. The van der Waals surface area contributed by atoms with Gasteiger partial charge >= 0.3 is 12.0 Å². The molecule has 2 unspecified atom stereocenters. The summed E-state index contributed by atoms with van der Waals surface area (Å²) in [5.41, 5.74) is -0.849. The topological polar surface area (TPSA) is 87.7 Å². The first kappa shape index (κ1) is 17.8. The second-order valence-electron chi connectivity index (χ2n) is 6.39. The summed E-state index contributed by atoms with van der Waals surface area (Å²) in [5, 5.41) is 14.8. The zero-order valence-corrected chi connectivity index (χ0v) is 13.3. The molecule has 0 aromatic rings. The van der Waals surface area contributed by atoms with Crippen LogP contribution in [0.3, 0.4) is 0 Å². The zero-order chi connectivity index (χ0) is 15.9. The number of ether oxygens (including phenoxy) is 1. The van der Waals surface area contributed by atoms with Crippen LogP contribution in [0.4, 0.5) is 4.79 Å². The fourth-order valence-electron chi connectivity index (χ4n) is 2.56. The molecule has 6 heteroatoms. The summed E-state index contributed by atoms with van der Waals surface area (Å²) < 4.78 is 5.43. The number of carbonyl (C=O) groups is 2. The van der Waals surface area contributed by atoms with Crippen LogP contribution in [0.25, 0.3) is 0 Å². The SMILES string of the molecule is CC(C)COCCCNC(=O)NC1CCCC1(C)C(=O)O. The third-order valence-corrected chi connectivity index (χ3v) is 3.95. The Morgan fingerprint density at radius 2 is 2.14 bits per heavy atom. The molecular weight excluding hydrogens is 272 g/mol. The second-order valence-corrected chi connectivity index (χ2v) is 6.39. The van der Waals surface area contributed by atoms with Crippen molar-refractivity contribution in [2.24, 2.45) is 11.3 Å². The molecule has 0 radical (unpaired) electrons. The minimum atomic E-state index is -0.849. The van der Waals surface area contributed by atoms with E-state index in [2.05, 4.69) is 24.5 Å². The lowest BCUT2D eigenvalue weighted by atomic mass is 9.85. The Balaban J connectivity index is 2.20. The third-order valence-electron chi connectivity index (χ3n) is 3.95. The molecule has 2 atom stereocenters. The van der Waals surface area contributed by atoms with Crippen molar-refractivity contribution >= 4 is 12.0 Å². The molecule has 0 saturated heterocycles. The molecule has 6 nitrogen and oxygen atoms in total. The zero-order valence-electron chi connectivity index (χ0n) is 13.3. The lowest BCUT2D eigenvalue weighted by Gasteiger charge is -2.27. The molecule has 0 heterocycles. The maximum absolute atomic E-state index is 11.8. The van der Waals surface area contributed by atoms with Crippen LogP contribution in [0, 0.1) is 11.3 Å². The van der Waals surface area contributed by atoms with Gasteiger partial charge in [-0.2, -0.15) is 0 Å². The van der Waals surface area contributed by atoms with Gasteiger partial charge in [-0.15, -0.1) is 0 Å². The Labute approximate surface area is 126 Å². The average molecular weight is 300 g/mol. The van der Waals surface area contributed by atoms with E-state index in [-0.39, 0.29) is 12.1 Å². The van der Waals surface area contributed by atoms with Crippen molar-refractivity contribution < 1.29 is 19.4 Å². The number of nitrogens with one attached hydrogen (secondary N) is 2. The van der Waals surface area contributed by atoms with Gasteiger partial charge in [0.05, 0.1) is 5.41 Å². The Morgan fingerprint density at radius 3 is 2.76 bits per heavy atom. The predicted octanol–water partition coefficient (Wildman–Crippen LogP) is 1.99. The van der Waals surface area contributed by atoms with Gasteiger partial charge in [-0.05, 0) is 32.1 Å². The first-order valence-corrected chi connectivity index (χ1v) is 7.71. The predicted molar refractivity (Wildman–Crippen MR) is 80.2 cm³/mol. The van der Waals surface area contributed by atoms with Gasteiger partial charge < -0.3 is 20.5 Å². The van der Waals surface area contributed by atoms with Crippen LogP contribution in [0.15, 0.2) is 0 Å². The minimum absolute atomic E-state index is 0.293. The number of hydrogen-bond acceptors (Lipinski definition) is 3. The Kier molecular flexibility index (Phi) is 6.95. The van der Waals surface area contributed by atoms with E-state index in [0.717, 1.165) is 19.4 Å². The quantitative estimate of drug-likeness (QED) is 0.598. The van der Waals surface area contributed by atoms with E-state index in [1.54, 1.807) is 6.92 Å². The van der Waals surface area contributed by atoms with Gasteiger partial charge in [0.2, 0.25) is 0 Å². The number of amides is 2. The van der Waals surface area contributed by atoms with Crippen LogP contribution >= 0.6 is 0 Å². The minimum Gasteiger partial charge on any atom is -0.481 e. The normalized spacial score (nSPS) is 25.0. The molecule has 1 aliphatic carbocycles. The number of carboxylic acids is 1. The van der Waals surface area contributed by atoms with Crippen molar-refractivity contribution in [3.63, 3.8) is 0 Å². The highest BCUT2D eigenvalue weighted by molar-refractivity contribution is 5.79. The number of hydrogen-bond donors (Lipinski definition) is 3. The summed E-state index contributed by atoms with van der Waals surface area (Å²) in [4.78, 5) is 23.1. The van der Waals surface area contributed by atoms with Crippen LogP contribution in [0.5, 0.6) is 0 Å². The fourth-order valence-corrected chi connectivity index (χ4v) is 2.56. The molecular formula is C15H28N2O4. The third kappa shape index (κ3) is 5.53. The lowest BCUT2D eigenvalue weighted by molar-refractivity contribution is -0.148. The van der Waals surface area contributed by atoms with Crippen molar-refractivity contribution in [1.29, 1.82) is 0 Å². The van der Waals surface area contributed by atoms with E-state index in [0.29, 0.717) is 31.9 Å². The van der Waals surface area contributed by atoms with Gasteiger partial charge in [-0.25, -0.2) is 4.79 Å². The fraction of sp³-hybridized carbons (Fsp3) is 0.867. The van der Waals surface area contributed by atoms with E-state index in [1.165, 1.54) is 0 Å². The summed E-state index contributed by atoms with van der Waals surface area (Å²) >= 11 is 0. The van der Waals surface area contributed by atoms with Crippen molar-refractivity contribution in [1.82, 2.24) is 10.6 Å². The first-order valence-electron chi connectivity index (χ1n) is 7.71. The largest absolute Gasteiger partial charge is 0.481 e. The summed E-state index contributed by atoms with van der Waals surface area (Å²) in [6.07, 6.45) is 2.90. The van der Waals surface area contributed by atoms with Gasteiger partial charge in [0.15, 0.2) is 0 Å². The van der Waals surface area contributed by atoms with E-state index in [4.69, 9.17) is 4.74 Å². The summed E-state index contributed by atoms with van der Waals surface area (Å²) in [7, 11) is 0.